The maximum atomic E-state index is 13.8. The second-order valence-corrected chi connectivity index (χ2v) is 7.94. The van der Waals surface area contributed by atoms with Gasteiger partial charge in [-0.2, -0.15) is 5.26 Å². The number of benzene rings is 2. The van der Waals surface area contributed by atoms with E-state index < -0.39 is 17.8 Å². The number of piperidine rings is 1. The van der Waals surface area contributed by atoms with Crippen LogP contribution in [0.1, 0.15) is 42.6 Å². The minimum atomic E-state index is -0.709. The zero-order valence-electron chi connectivity index (χ0n) is 17.7. The molecule has 0 aromatic heterocycles. The fourth-order valence-corrected chi connectivity index (χ4v) is 3.60. The molecule has 1 heterocycles. The topological polar surface area (TPSA) is 82.4 Å². The molecule has 6 nitrogen and oxygen atoms in total. The zero-order chi connectivity index (χ0) is 22.4. The summed E-state index contributed by atoms with van der Waals surface area (Å²) in [6, 6.07) is 14.7. The Labute approximate surface area is 181 Å². The predicted molar refractivity (Wildman–Crippen MR) is 114 cm³/mol. The number of amides is 2. The summed E-state index contributed by atoms with van der Waals surface area (Å²) < 4.78 is 19.8. The maximum absolute atomic E-state index is 13.8. The molecule has 1 atom stereocenters. The standard InChI is InChI=1S/C24H26FN3O3/c1-16(2)22(31-21-10-6-3-7-17(21)15-26)24(30)28-13-11-18(12-14-28)27-23(29)19-8-4-5-9-20(19)25/h3-10,16,18,22H,11-14H2,1-2H3,(H,27,29). The van der Waals surface area contributed by atoms with Gasteiger partial charge in [0.05, 0.1) is 11.1 Å². The number of ether oxygens (including phenoxy) is 1. The van der Waals surface area contributed by atoms with Crippen LogP contribution in [0.15, 0.2) is 48.5 Å². The summed E-state index contributed by atoms with van der Waals surface area (Å²) in [5, 5.41) is 12.1. The van der Waals surface area contributed by atoms with Crippen molar-refractivity contribution in [1.82, 2.24) is 10.2 Å². The van der Waals surface area contributed by atoms with E-state index in [1.165, 1.54) is 12.1 Å². The largest absolute Gasteiger partial charge is 0.479 e. The van der Waals surface area contributed by atoms with Gasteiger partial charge in [-0.25, -0.2) is 4.39 Å². The summed E-state index contributed by atoms with van der Waals surface area (Å²) in [6.07, 6.45) is 0.441. The highest BCUT2D eigenvalue weighted by atomic mass is 19.1. The molecule has 1 fully saturated rings. The van der Waals surface area contributed by atoms with E-state index in [0.717, 1.165) is 0 Å². The highest BCUT2D eigenvalue weighted by Crippen LogP contribution is 2.23. The molecule has 0 saturated carbocycles. The molecule has 0 radical (unpaired) electrons. The Morgan fingerprint density at radius 3 is 2.42 bits per heavy atom. The van der Waals surface area contributed by atoms with Crippen LogP contribution >= 0.6 is 0 Å². The van der Waals surface area contributed by atoms with Gasteiger partial charge in [-0.1, -0.05) is 38.1 Å². The number of nitrogens with one attached hydrogen (secondary N) is 1. The molecule has 1 unspecified atom stereocenters. The number of hydrogen-bond acceptors (Lipinski definition) is 4. The molecular weight excluding hydrogens is 397 g/mol. The van der Waals surface area contributed by atoms with Gasteiger partial charge < -0.3 is 15.0 Å². The molecule has 3 rings (SSSR count). The molecule has 7 heteroatoms. The Hall–Kier alpha value is -3.40. The Bertz CT molecular complexity index is 978. The van der Waals surface area contributed by atoms with Gasteiger partial charge in [0, 0.05) is 19.1 Å². The van der Waals surface area contributed by atoms with Gasteiger partial charge in [0.2, 0.25) is 0 Å². The Morgan fingerprint density at radius 1 is 1.13 bits per heavy atom. The van der Waals surface area contributed by atoms with Crippen molar-refractivity contribution >= 4 is 11.8 Å². The normalized spacial score (nSPS) is 15.3. The van der Waals surface area contributed by atoms with Gasteiger partial charge in [-0.3, -0.25) is 9.59 Å². The maximum Gasteiger partial charge on any atom is 0.263 e. The van der Waals surface area contributed by atoms with Crippen LogP contribution in [0, 0.1) is 23.1 Å². The van der Waals surface area contributed by atoms with E-state index in [-0.39, 0.29) is 23.4 Å². The van der Waals surface area contributed by atoms with E-state index in [9.17, 15) is 19.2 Å². The van der Waals surface area contributed by atoms with Crippen LogP contribution in [-0.2, 0) is 4.79 Å². The molecule has 2 aromatic rings. The third-order valence-corrected chi connectivity index (χ3v) is 5.37. The lowest BCUT2D eigenvalue weighted by Crippen LogP contribution is -2.51. The number of rotatable bonds is 6. The first-order chi connectivity index (χ1) is 14.9. The van der Waals surface area contributed by atoms with Crippen molar-refractivity contribution in [3.05, 3.63) is 65.5 Å². The molecule has 31 heavy (non-hydrogen) atoms. The lowest BCUT2D eigenvalue weighted by atomic mass is 10.0. The van der Waals surface area contributed by atoms with Crippen molar-refractivity contribution in [2.45, 2.75) is 38.8 Å². The number of para-hydroxylation sites is 1. The van der Waals surface area contributed by atoms with E-state index >= 15 is 0 Å². The van der Waals surface area contributed by atoms with Gasteiger partial charge in [0.25, 0.3) is 11.8 Å². The van der Waals surface area contributed by atoms with Crippen molar-refractivity contribution in [3.63, 3.8) is 0 Å². The van der Waals surface area contributed by atoms with Crippen LogP contribution in [0.2, 0.25) is 0 Å². The summed E-state index contributed by atoms with van der Waals surface area (Å²) in [7, 11) is 0. The van der Waals surface area contributed by atoms with E-state index in [0.29, 0.717) is 37.2 Å². The fourth-order valence-electron chi connectivity index (χ4n) is 3.60. The smallest absolute Gasteiger partial charge is 0.263 e. The summed E-state index contributed by atoms with van der Waals surface area (Å²) in [4.78, 5) is 27.2. The lowest BCUT2D eigenvalue weighted by Gasteiger charge is -2.35. The molecule has 0 bridgehead atoms. The van der Waals surface area contributed by atoms with Gasteiger partial charge in [0.1, 0.15) is 17.6 Å². The van der Waals surface area contributed by atoms with E-state index in [1.807, 2.05) is 13.8 Å². The summed E-state index contributed by atoms with van der Waals surface area (Å²) in [5.74, 6) is -0.829. The number of carbonyl (C=O) groups is 2. The first-order valence-corrected chi connectivity index (χ1v) is 10.4. The lowest BCUT2D eigenvalue weighted by molar-refractivity contribution is -0.141. The van der Waals surface area contributed by atoms with Crippen molar-refractivity contribution in [2.75, 3.05) is 13.1 Å². The van der Waals surface area contributed by atoms with Gasteiger partial charge in [0.15, 0.2) is 6.10 Å². The van der Waals surface area contributed by atoms with Crippen LogP contribution in [0.5, 0.6) is 5.75 Å². The first-order valence-electron chi connectivity index (χ1n) is 10.4. The summed E-state index contributed by atoms with van der Waals surface area (Å²) in [5.41, 5.74) is 0.404. The summed E-state index contributed by atoms with van der Waals surface area (Å²) in [6.45, 7) is 4.74. The minimum Gasteiger partial charge on any atom is -0.479 e. The molecule has 1 aliphatic rings. The van der Waals surface area contributed by atoms with Crippen LogP contribution in [0.3, 0.4) is 0 Å². The predicted octanol–water partition coefficient (Wildman–Crippen LogP) is 3.52. The Balaban J connectivity index is 1.59. The summed E-state index contributed by atoms with van der Waals surface area (Å²) >= 11 is 0. The molecule has 1 aliphatic heterocycles. The molecule has 2 amide bonds. The number of hydrogen-bond donors (Lipinski definition) is 1. The molecule has 1 N–H and O–H groups in total. The molecule has 0 spiro atoms. The van der Waals surface area contributed by atoms with Crippen LogP contribution in [0.4, 0.5) is 4.39 Å². The third-order valence-electron chi connectivity index (χ3n) is 5.37. The molecule has 1 saturated heterocycles. The first kappa shape index (κ1) is 22.3. The Morgan fingerprint density at radius 2 is 1.77 bits per heavy atom. The second-order valence-electron chi connectivity index (χ2n) is 7.94. The number of carbonyl (C=O) groups excluding carboxylic acids is 2. The van der Waals surface area contributed by atoms with Crippen LogP contribution in [-0.4, -0.2) is 41.9 Å². The van der Waals surface area contributed by atoms with Crippen molar-refractivity contribution in [3.8, 4) is 11.8 Å². The zero-order valence-corrected chi connectivity index (χ0v) is 17.7. The van der Waals surface area contributed by atoms with Gasteiger partial charge in [-0.15, -0.1) is 0 Å². The minimum absolute atomic E-state index is 0.0189. The van der Waals surface area contributed by atoms with Crippen molar-refractivity contribution in [2.24, 2.45) is 5.92 Å². The second kappa shape index (κ2) is 10.1. The van der Waals surface area contributed by atoms with E-state index in [2.05, 4.69) is 11.4 Å². The molecule has 162 valence electrons. The fraction of sp³-hybridized carbons (Fsp3) is 0.375. The van der Waals surface area contributed by atoms with E-state index in [1.54, 1.807) is 41.3 Å². The van der Waals surface area contributed by atoms with Crippen molar-refractivity contribution in [1.29, 1.82) is 5.26 Å². The molecule has 2 aromatic carbocycles. The number of nitrogens with zero attached hydrogens (tertiary/aromatic N) is 2. The number of nitriles is 1. The van der Waals surface area contributed by atoms with Gasteiger partial charge in [-0.05, 0) is 43.0 Å². The van der Waals surface area contributed by atoms with Crippen LogP contribution < -0.4 is 10.1 Å². The van der Waals surface area contributed by atoms with Gasteiger partial charge >= 0.3 is 0 Å². The SMILES string of the molecule is CC(C)C(Oc1ccccc1C#N)C(=O)N1CCC(NC(=O)c2ccccc2F)CC1. The molecular formula is C24H26FN3O3. The monoisotopic (exact) mass is 423 g/mol. The van der Waals surface area contributed by atoms with Crippen molar-refractivity contribution < 1.29 is 18.7 Å². The number of likely N-dealkylation sites (tertiary alicyclic amines) is 1. The highest BCUT2D eigenvalue weighted by Gasteiger charge is 2.32. The van der Waals surface area contributed by atoms with Crippen LogP contribution in [0.25, 0.3) is 0 Å². The third kappa shape index (κ3) is 5.40. The van der Waals surface area contributed by atoms with E-state index in [4.69, 9.17) is 4.74 Å². The molecule has 0 aliphatic carbocycles. The average Bonchev–Trinajstić information content (AvgIpc) is 2.77. The highest BCUT2D eigenvalue weighted by molar-refractivity contribution is 5.94. The Kier molecular flexibility index (Phi) is 7.24. The quantitative estimate of drug-likeness (QED) is 0.771. The average molecular weight is 423 g/mol. The number of halogens is 1.